The number of rotatable bonds is 5. The minimum absolute atomic E-state index is 0.0656. The van der Waals surface area contributed by atoms with Crippen molar-refractivity contribution < 1.29 is 18.8 Å². The molecule has 6 nitrogen and oxygen atoms in total. The van der Waals surface area contributed by atoms with Crippen molar-refractivity contribution in [2.45, 2.75) is 26.4 Å². The van der Waals surface area contributed by atoms with E-state index >= 15 is 0 Å². The molecule has 0 N–H and O–H groups in total. The smallest absolute Gasteiger partial charge is 0.339 e. The van der Waals surface area contributed by atoms with Crippen molar-refractivity contribution in [3.8, 4) is 5.75 Å². The number of aryl methyl sites for hydroxylation is 1. The predicted molar refractivity (Wildman–Crippen MR) is 121 cm³/mol. The lowest BCUT2D eigenvalue weighted by Crippen LogP contribution is -2.10. The van der Waals surface area contributed by atoms with Gasteiger partial charge in [-0.1, -0.05) is 35.5 Å². The number of allylic oxidation sites excluding steroid dienone is 1. The van der Waals surface area contributed by atoms with E-state index in [1.807, 2.05) is 48.5 Å². The van der Waals surface area contributed by atoms with Gasteiger partial charge in [0, 0.05) is 11.5 Å². The van der Waals surface area contributed by atoms with Crippen LogP contribution in [0.4, 0.5) is 0 Å². The molecule has 2 heterocycles. The molecule has 32 heavy (non-hydrogen) atoms. The SMILES string of the molecule is COc1ccc(/C=C2\CCc3c2nc2ccccc2c3C(=O)OCc2cc(C)on2)cc1. The number of para-hydroxylation sites is 1. The Morgan fingerprint density at radius 1 is 1.12 bits per heavy atom. The summed E-state index contributed by atoms with van der Waals surface area (Å²) in [6.45, 7) is 1.87. The second kappa shape index (κ2) is 8.30. The second-order valence-corrected chi connectivity index (χ2v) is 7.78. The van der Waals surface area contributed by atoms with Gasteiger partial charge in [-0.25, -0.2) is 9.78 Å². The molecule has 0 unspecified atom stereocenters. The maximum atomic E-state index is 13.2. The zero-order valence-corrected chi connectivity index (χ0v) is 17.9. The van der Waals surface area contributed by atoms with Crippen LogP contribution in [0.25, 0.3) is 22.6 Å². The van der Waals surface area contributed by atoms with Crippen LogP contribution < -0.4 is 4.74 Å². The summed E-state index contributed by atoms with van der Waals surface area (Å²) in [7, 11) is 1.65. The van der Waals surface area contributed by atoms with E-state index in [1.54, 1.807) is 20.1 Å². The van der Waals surface area contributed by atoms with Gasteiger partial charge in [0.1, 0.15) is 23.8 Å². The van der Waals surface area contributed by atoms with E-state index in [1.165, 1.54) is 0 Å². The monoisotopic (exact) mass is 426 g/mol. The first-order chi connectivity index (χ1) is 15.6. The summed E-state index contributed by atoms with van der Waals surface area (Å²) in [5, 5.41) is 4.71. The number of esters is 1. The Bertz CT molecular complexity index is 1340. The molecule has 6 heteroatoms. The third kappa shape index (κ3) is 3.75. The predicted octanol–water partition coefficient (Wildman–Crippen LogP) is 5.38. The molecule has 0 saturated carbocycles. The first-order valence-electron chi connectivity index (χ1n) is 10.5. The Morgan fingerprint density at radius 3 is 2.69 bits per heavy atom. The van der Waals surface area contributed by atoms with Crippen LogP contribution in [0, 0.1) is 6.92 Å². The van der Waals surface area contributed by atoms with Gasteiger partial charge in [0.15, 0.2) is 0 Å². The van der Waals surface area contributed by atoms with Crippen molar-refractivity contribution in [3.05, 3.63) is 88.4 Å². The van der Waals surface area contributed by atoms with Gasteiger partial charge in [0.25, 0.3) is 0 Å². The lowest BCUT2D eigenvalue weighted by molar-refractivity contribution is 0.0465. The molecule has 0 fully saturated rings. The Balaban J connectivity index is 1.53. The molecule has 0 aliphatic heterocycles. The fraction of sp³-hybridized carbons (Fsp3) is 0.192. The van der Waals surface area contributed by atoms with E-state index in [4.69, 9.17) is 19.0 Å². The zero-order chi connectivity index (χ0) is 22.1. The van der Waals surface area contributed by atoms with E-state index in [0.29, 0.717) is 17.0 Å². The van der Waals surface area contributed by atoms with Gasteiger partial charge in [-0.3, -0.25) is 0 Å². The molecule has 5 rings (SSSR count). The first-order valence-corrected chi connectivity index (χ1v) is 10.5. The number of aromatic nitrogens is 2. The topological polar surface area (TPSA) is 74.5 Å². The molecule has 2 aromatic heterocycles. The third-order valence-corrected chi connectivity index (χ3v) is 5.63. The zero-order valence-electron chi connectivity index (χ0n) is 17.9. The number of hydrogen-bond donors (Lipinski definition) is 0. The highest BCUT2D eigenvalue weighted by molar-refractivity contribution is 6.07. The van der Waals surface area contributed by atoms with Crippen molar-refractivity contribution in [1.29, 1.82) is 0 Å². The number of methoxy groups -OCH3 is 1. The lowest BCUT2D eigenvalue weighted by atomic mass is 10.0. The van der Waals surface area contributed by atoms with E-state index in [9.17, 15) is 4.79 Å². The number of hydrogen-bond acceptors (Lipinski definition) is 6. The molecule has 1 aliphatic rings. The highest BCUT2D eigenvalue weighted by Crippen LogP contribution is 2.38. The summed E-state index contributed by atoms with van der Waals surface area (Å²) in [5.41, 5.74) is 5.92. The summed E-state index contributed by atoms with van der Waals surface area (Å²) >= 11 is 0. The average Bonchev–Trinajstić information content (AvgIpc) is 3.42. The number of fused-ring (bicyclic) bond motifs is 2. The Labute approximate surface area is 185 Å². The second-order valence-electron chi connectivity index (χ2n) is 7.78. The average molecular weight is 426 g/mol. The molecule has 0 saturated heterocycles. The van der Waals surface area contributed by atoms with Crippen LogP contribution in [-0.4, -0.2) is 23.2 Å². The fourth-order valence-corrected chi connectivity index (χ4v) is 4.11. The summed E-state index contributed by atoms with van der Waals surface area (Å²) < 4.78 is 15.9. The van der Waals surface area contributed by atoms with Crippen molar-refractivity contribution >= 4 is 28.5 Å². The molecule has 0 spiro atoms. The van der Waals surface area contributed by atoms with Gasteiger partial charge in [0.2, 0.25) is 0 Å². The van der Waals surface area contributed by atoms with Crippen LogP contribution in [-0.2, 0) is 17.8 Å². The minimum atomic E-state index is -0.369. The number of benzene rings is 2. The van der Waals surface area contributed by atoms with Gasteiger partial charge in [-0.15, -0.1) is 0 Å². The van der Waals surface area contributed by atoms with E-state index < -0.39 is 0 Å². The molecular formula is C26H22N2O4. The van der Waals surface area contributed by atoms with Crippen LogP contribution in [0.1, 0.15) is 45.1 Å². The van der Waals surface area contributed by atoms with Crippen LogP contribution in [0.15, 0.2) is 59.1 Å². The first kappa shape index (κ1) is 20.0. The van der Waals surface area contributed by atoms with Crippen molar-refractivity contribution in [2.75, 3.05) is 7.11 Å². The standard InChI is InChI=1S/C26H22N2O4/c1-16-13-19(28-32-16)15-31-26(29)24-21-5-3-4-6-23(21)27-25-18(9-12-22(24)25)14-17-7-10-20(30-2)11-8-17/h3-8,10-11,13-14H,9,12,15H2,1-2H3/b18-14+. The van der Waals surface area contributed by atoms with Crippen LogP contribution in [0.2, 0.25) is 0 Å². The van der Waals surface area contributed by atoms with Crippen molar-refractivity contribution in [3.63, 3.8) is 0 Å². The highest BCUT2D eigenvalue weighted by Gasteiger charge is 2.27. The lowest BCUT2D eigenvalue weighted by Gasteiger charge is -2.12. The summed E-state index contributed by atoms with van der Waals surface area (Å²) in [6, 6.07) is 17.3. The van der Waals surface area contributed by atoms with Gasteiger partial charge in [0.05, 0.1) is 23.9 Å². The largest absolute Gasteiger partial charge is 0.497 e. The highest BCUT2D eigenvalue weighted by atomic mass is 16.5. The molecular weight excluding hydrogens is 404 g/mol. The number of ether oxygens (including phenoxy) is 2. The quantitative estimate of drug-likeness (QED) is 0.399. The molecule has 1 aliphatic carbocycles. The van der Waals surface area contributed by atoms with Gasteiger partial charge >= 0.3 is 5.97 Å². The summed E-state index contributed by atoms with van der Waals surface area (Å²) in [6.07, 6.45) is 3.68. The fourth-order valence-electron chi connectivity index (χ4n) is 4.11. The van der Waals surface area contributed by atoms with Crippen LogP contribution >= 0.6 is 0 Å². The van der Waals surface area contributed by atoms with E-state index in [0.717, 1.165) is 51.9 Å². The van der Waals surface area contributed by atoms with E-state index in [-0.39, 0.29) is 12.6 Å². The van der Waals surface area contributed by atoms with Gasteiger partial charge in [-0.2, -0.15) is 0 Å². The number of carbonyl (C=O) groups is 1. The summed E-state index contributed by atoms with van der Waals surface area (Å²) in [4.78, 5) is 18.1. The molecule has 0 atom stereocenters. The van der Waals surface area contributed by atoms with Crippen molar-refractivity contribution in [1.82, 2.24) is 10.1 Å². The molecule has 160 valence electrons. The molecule has 0 amide bonds. The number of pyridine rings is 1. The Hall–Kier alpha value is -3.93. The van der Waals surface area contributed by atoms with Gasteiger partial charge in [-0.05, 0) is 60.7 Å². The molecule has 4 aromatic rings. The maximum absolute atomic E-state index is 13.2. The molecule has 2 aromatic carbocycles. The molecule has 0 bridgehead atoms. The van der Waals surface area contributed by atoms with E-state index in [2.05, 4.69) is 11.2 Å². The Morgan fingerprint density at radius 2 is 1.94 bits per heavy atom. The van der Waals surface area contributed by atoms with Gasteiger partial charge < -0.3 is 14.0 Å². The minimum Gasteiger partial charge on any atom is -0.497 e. The van der Waals surface area contributed by atoms with Crippen molar-refractivity contribution in [2.24, 2.45) is 0 Å². The number of nitrogens with zero attached hydrogens (tertiary/aromatic N) is 2. The number of carbonyl (C=O) groups excluding carboxylic acids is 1. The van der Waals surface area contributed by atoms with Crippen LogP contribution in [0.3, 0.4) is 0 Å². The van der Waals surface area contributed by atoms with Crippen LogP contribution in [0.5, 0.6) is 5.75 Å². The summed E-state index contributed by atoms with van der Waals surface area (Å²) in [5.74, 6) is 1.13. The Kier molecular flexibility index (Phi) is 5.19. The normalized spacial score (nSPS) is 14.0. The maximum Gasteiger partial charge on any atom is 0.339 e. The molecule has 0 radical (unpaired) electrons. The third-order valence-electron chi connectivity index (χ3n) is 5.63.